The highest BCUT2D eigenvalue weighted by Gasteiger charge is 2.44. The Balaban J connectivity index is 1.94. The van der Waals surface area contributed by atoms with Gasteiger partial charge in [-0.15, -0.1) is 0 Å². The lowest BCUT2D eigenvalue weighted by Gasteiger charge is -2.38. The van der Waals surface area contributed by atoms with Crippen LogP contribution in [0.3, 0.4) is 0 Å². The lowest BCUT2D eigenvalue weighted by Crippen LogP contribution is -2.53. The third-order valence-corrected chi connectivity index (χ3v) is 4.08. The van der Waals surface area contributed by atoms with E-state index in [9.17, 15) is 9.59 Å². The van der Waals surface area contributed by atoms with Crippen LogP contribution in [0, 0.1) is 5.92 Å². The molecule has 0 aromatic heterocycles. The van der Waals surface area contributed by atoms with Crippen molar-refractivity contribution in [1.82, 2.24) is 10.2 Å². The standard InChI is InChI=1S/C14H24N2O3/c1-4-19-14(18)16-11-5-6-12(16)8-10(7-11)15-13(17)9(2)3/h9-12H,4-8H2,1-3H3,(H,15,17)/t10?,11-,12+. The molecule has 2 heterocycles. The second kappa shape index (κ2) is 5.80. The van der Waals surface area contributed by atoms with Gasteiger partial charge in [0.05, 0.1) is 6.61 Å². The van der Waals surface area contributed by atoms with Gasteiger partial charge < -0.3 is 15.0 Å². The van der Waals surface area contributed by atoms with E-state index in [2.05, 4.69) is 5.32 Å². The zero-order chi connectivity index (χ0) is 14.0. The fourth-order valence-corrected chi connectivity index (χ4v) is 3.16. The van der Waals surface area contributed by atoms with Crippen LogP contribution in [0.1, 0.15) is 46.5 Å². The van der Waals surface area contributed by atoms with E-state index in [0.29, 0.717) is 6.61 Å². The Labute approximate surface area is 114 Å². The second-order valence-corrected chi connectivity index (χ2v) is 5.82. The summed E-state index contributed by atoms with van der Waals surface area (Å²) in [5.74, 6) is 0.120. The molecule has 0 aliphatic carbocycles. The van der Waals surface area contributed by atoms with E-state index in [1.165, 1.54) is 0 Å². The second-order valence-electron chi connectivity index (χ2n) is 5.82. The van der Waals surface area contributed by atoms with Crippen molar-refractivity contribution in [3.05, 3.63) is 0 Å². The summed E-state index contributed by atoms with van der Waals surface area (Å²) in [4.78, 5) is 25.5. The summed E-state index contributed by atoms with van der Waals surface area (Å²) in [6.45, 7) is 6.05. The van der Waals surface area contributed by atoms with Crippen molar-refractivity contribution in [2.75, 3.05) is 6.61 Å². The van der Waals surface area contributed by atoms with Crippen molar-refractivity contribution < 1.29 is 14.3 Å². The van der Waals surface area contributed by atoms with Gasteiger partial charge in [0.25, 0.3) is 0 Å². The first-order valence-corrected chi connectivity index (χ1v) is 7.28. The van der Waals surface area contributed by atoms with Gasteiger partial charge in [-0.2, -0.15) is 0 Å². The number of carbonyl (C=O) groups is 2. The molecule has 2 rings (SSSR count). The molecule has 0 radical (unpaired) electrons. The Hall–Kier alpha value is -1.26. The Morgan fingerprint density at radius 2 is 1.84 bits per heavy atom. The molecular formula is C14H24N2O3. The monoisotopic (exact) mass is 268 g/mol. The number of hydrogen-bond donors (Lipinski definition) is 1. The van der Waals surface area contributed by atoms with Crippen molar-refractivity contribution in [1.29, 1.82) is 0 Å². The van der Waals surface area contributed by atoms with Crippen molar-refractivity contribution in [2.24, 2.45) is 5.92 Å². The van der Waals surface area contributed by atoms with Crippen LogP contribution in [0.15, 0.2) is 0 Å². The Bertz CT molecular complexity index is 343. The molecule has 5 heteroatoms. The Morgan fingerprint density at radius 1 is 1.26 bits per heavy atom. The molecule has 2 saturated heterocycles. The molecule has 2 aliphatic rings. The van der Waals surface area contributed by atoms with Gasteiger partial charge in [-0.1, -0.05) is 13.8 Å². The van der Waals surface area contributed by atoms with Gasteiger partial charge in [-0.05, 0) is 32.6 Å². The predicted molar refractivity (Wildman–Crippen MR) is 71.7 cm³/mol. The minimum absolute atomic E-state index is 0.0146. The molecule has 2 aliphatic heterocycles. The van der Waals surface area contributed by atoms with E-state index in [0.717, 1.165) is 25.7 Å². The Kier molecular flexibility index (Phi) is 4.32. The summed E-state index contributed by atoms with van der Waals surface area (Å²) in [6, 6.07) is 0.670. The molecule has 3 atom stereocenters. The van der Waals surface area contributed by atoms with Gasteiger partial charge in [-0.3, -0.25) is 4.79 Å². The fourth-order valence-electron chi connectivity index (χ4n) is 3.16. The molecule has 2 fully saturated rings. The van der Waals surface area contributed by atoms with Gasteiger partial charge in [0, 0.05) is 24.0 Å². The average Bonchev–Trinajstić information content (AvgIpc) is 2.61. The summed E-state index contributed by atoms with van der Waals surface area (Å²) >= 11 is 0. The van der Waals surface area contributed by atoms with Gasteiger partial charge in [0.1, 0.15) is 0 Å². The van der Waals surface area contributed by atoms with E-state index in [4.69, 9.17) is 4.74 Å². The number of piperidine rings is 1. The van der Waals surface area contributed by atoms with Crippen LogP contribution in [0.5, 0.6) is 0 Å². The maximum atomic E-state index is 11.9. The molecule has 0 aromatic carbocycles. The first-order valence-electron chi connectivity index (χ1n) is 7.28. The van der Waals surface area contributed by atoms with Crippen molar-refractivity contribution in [3.8, 4) is 0 Å². The molecule has 2 amide bonds. The number of hydrogen-bond acceptors (Lipinski definition) is 3. The summed E-state index contributed by atoms with van der Waals surface area (Å²) in [7, 11) is 0. The highest BCUT2D eigenvalue weighted by atomic mass is 16.6. The first kappa shape index (κ1) is 14.2. The summed E-state index contributed by atoms with van der Waals surface area (Å²) < 4.78 is 5.12. The predicted octanol–water partition coefficient (Wildman–Crippen LogP) is 1.91. The SMILES string of the molecule is CCOC(=O)N1[C@@H]2CC[C@H]1CC(NC(=O)C(C)C)C2. The van der Waals surface area contributed by atoms with Crippen LogP contribution in [0.4, 0.5) is 4.79 Å². The molecule has 108 valence electrons. The summed E-state index contributed by atoms with van der Waals surface area (Å²) in [6.07, 6.45) is 3.57. The molecule has 0 saturated carbocycles. The van der Waals surface area contributed by atoms with Gasteiger partial charge >= 0.3 is 6.09 Å². The molecule has 19 heavy (non-hydrogen) atoms. The number of nitrogens with zero attached hydrogens (tertiary/aromatic N) is 1. The zero-order valence-corrected chi connectivity index (χ0v) is 12.0. The molecule has 1 N–H and O–H groups in total. The highest BCUT2D eigenvalue weighted by molar-refractivity contribution is 5.78. The van der Waals surface area contributed by atoms with Crippen molar-refractivity contribution in [2.45, 2.75) is 64.6 Å². The number of fused-ring (bicyclic) bond motifs is 2. The minimum atomic E-state index is -0.191. The number of nitrogens with one attached hydrogen (secondary N) is 1. The van der Waals surface area contributed by atoms with E-state index in [-0.39, 0.29) is 36.0 Å². The Morgan fingerprint density at radius 3 is 2.32 bits per heavy atom. The molecular weight excluding hydrogens is 244 g/mol. The number of rotatable bonds is 3. The van der Waals surface area contributed by atoms with E-state index >= 15 is 0 Å². The topological polar surface area (TPSA) is 58.6 Å². The minimum Gasteiger partial charge on any atom is -0.450 e. The quantitative estimate of drug-likeness (QED) is 0.850. The molecule has 5 nitrogen and oxygen atoms in total. The maximum Gasteiger partial charge on any atom is 0.410 e. The lowest BCUT2D eigenvalue weighted by atomic mass is 9.97. The van der Waals surface area contributed by atoms with Gasteiger partial charge in [0.15, 0.2) is 0 Å². The van der Waals surface area contributed by atoms with Crippen LogP contribution in [-0.4, -0.2) is 41.6 Å². The van der Waals surface area contributed by atoms with Gasteiger partial charge in [0.2, 0.25) is 5.91 Å². The van der Waals surface area contributed by atoms with Crippen LogP contribution in [-0.2, 0) is 9.53 Å². The maximum absolute atomic E-state index is 11.9. The average molecular weight is 268 g/mol. The fraction of sp³-hybridized carbons (Fsp3) is 0.857. The summed E-state index contributed by atoms with van der Waals surface area (Å²) in [5.41, 5.74) is 0. The highest BCUT2D eigenvalue weighted by Crippen LogP contribution is 2.36. The third kappa shape index (κ3) is 3.01. The summed E-state index contributed by atoms with van der Waals surface area (Å²) in [5, 5.41) is 3.09. The van der Waals surface area contributed by atoms with Crippen molar-refractivity contribution >= 4 is 12.0 Å². The van der Waals surface area contributed by atoms with Crippen LogP contribution >= 0.6 is 0 Å². The normalized spacial score (nSPS) is 29.5. The van der Waals surface area contributed by atoms with Crippen molar-refractivity contribution in [3.63, 3.8) is 0 Å². The first-order chi connectivity index (χ1) is 9.02. The van der Waals surface area contributed by atoms with Crippen LogP contribution in [0.25, 0.3) is 0 Å². The smallest absolute Gasteiger partial charge is 0.410 e. The third-order valence-electron chi connectivity index (χ3n) is 4.08. The van der Waals surface area contributed by atoms with E-state index in [1.807, 2.05) is 25.7 Å². The molecule has 2 bridgehead atoms. The molecule has 0 aromatic rings. The number of ether oxygens (including phenoxy) is 1. The number of carbonyl (C=O) groups excluding carboxylic acids is 2. The van der Waals surface area contributed by atoms with Gasteiger partial charge in [-0.25, -0.2) is 4.79 Å². The largest absolute Gasteiger partial charge is 0.450 e. The van der Waals surface area contributed by atoms with Crippen LogP contribution in [0.2, 0.25) is 0 Å². The van der Waals surface area contributed by atoms with E-state index in [1.54, 1.807) is 0 Å². The van der Waals surface area contributed by atoms with E-state index < -0.39 is 0 Å². The molecule has 0 spiro atoms. The molecule has 1 unspecified atom stereocenters. The zero-order valence-electron chi connectivity index (χ0n) is 12.0. The number of amides is 2. The van der Waals surface area contributed by atoms with Crippen LogP contribution < -0.4 is 5.32 Å². The lowest BCUT2D eigenvalue weighted by molar-refractivity contribution is -0.125.